The van der Waals surface area contributed by atoms with E-state index in [1.165, 1.54) is 0 Å². The number of rotatable bonds is 6. The number of nitrogens with one attached hydrogen (secondary N) is 1. The first kappa shape index (κ1) is 18.8. The van der Waals surface area contributed by atoms with E-state index >= 15 is 0 Å². The Hall–Kier alpha value is -2.57. The van der Waals surface area contributed by atoms with Crippen molar-refractivity contribution in [1.29, 1.82) is 0 Å². The number of hydrogen-bond donors (Lipinski definition) is 1. The summed E-state index contributed by atoms with van der Waals surface area (Å²) < 4.78 is 33.5. The Morgan fingerprint density at radius 2 is 1.86 bits per heavy atom. The molecule has 1 heterocycles. The van der Waals surface area contributed by atoms with Crippen LogP contribution in [-0.2, 0) is 10.0 Å². The van der Waals surface area contributed by atoms with Gasteiger partial charge in [-0.25, -0.2) is 13.1 Å². The van der Waals surface area contributed by atoms with Crippen LogP contribution in [0.4, 0.5) is 5.69 Å². The summed E-state index contributed by atoms with van der Waals surface area (Å²) in [7, 11) is -1.86. The maximum Gasteiger partial charge on any atom is 0.240 e. The number of benzene rings is 3. The second-order valence-electron chi connectivity index (χ2n) is 7.16. The Morgan fingerprint density at radius 3 is 2.68 bits per heavy atom. The van der Waals surface area contributed by atoms with Crippen LogP contribution in [0.5, 0.6) is 5.75 Å². The van der Waals surface area contributed by atoms with Gasteiger partial charge in [0.2, 0.25) is 10.0 Å². The van der Waals surface area contributed by atoms with Crippen LogP contribution in [0.15, 0.2) is 71.6 Å². The summed E-state index contributed by atoms with van der Waals surface area (Å²) in [6.45, 7) is 2.18. The van der Waals surface area contributed by atoms with Gasteiger partial charge in [0.1, 0.15) is 5.75 Å². The van der Waals surface area contributed by atoms with Crippen LogP contribution < -0.4 is 14.4 Å². The van der Waals surface area contributed by atoms with Gasteiger partial charge in [-0.15, -0.1) is 0 Å². The van der Waals surface area contributed by atoms with Gasteiger partial charge in [-0.3, -0.25) is 0 Å². The first-order valence-electron chi connectivity index (χ1n) is 9.43. The fourth-order valence-corrected chi connectivity index (χ4v) is 4.84. The third-order valence-electron chi connectivity index (χ3n) is 5.30. The van der Waals surface area contributed by atoms with Gasteiger partial charge in [-0.1, -0.05) is 36.4 Å². The number of ether oxygens (including phenoxy) is 1. The van der Waals surface area contributed by atoms with E-state index in [1.54, 1.807) is 19.2 Å². The molecule has 0 saturated carbocycles. The van der Waals surface area contributed by atoms with E-state index in [1.807, 2.05) is 48.5 Å². The van der Waals surface area contributed by atoms with Gasteiger partial charge in [0.05, 0.1) is 12.0 Å². The molecule has 0 aliphatic carbocycles. The SMILES string of the molecule is COc1cccc(N2CC[C@@H](CNS(=O)(=O)c3ccc4ccccc4c3)C2)c1. The fourth-order valence-electron chi connectivity index (χ4n) is 3.69. The molecule has 5 nitrogen and oxygen atoms in total. The van der Waals surface area contributed by atoms with Gasteiger partial charge in [0.15, 0.2) is 0 Å². The van der Waals surface area contributed by atoms with Crippen molar-refractivity contribution in [3.63, 3.8) is 0 Å². The highest BCUT2D eigenvalue weighted by Crippen LogP contribution is 2.27. The molecule has 146 valence electrons. The monoisotopic (exact) mass is 396 g/mol. The molecular weight excluding hydrogens is 372 g/mol. The molecule has 1 saturated heterocycles. The maximum absolute atomic E-state index is 12.7. The second-order valence-corrected chi connectivity index (χ2v) is 8.93. The fraction of sp³-hybridized carbons (Fsp3) is 0.273. The minimum atomic E-state index is -3.52. The first-order valence-corrected chi connectivity index (χ1v) is 10.9. The van der Waals surface area contributed by atoms with Crippen LogP contribution in [0.25, 0.3) is 10.8 Å². The van der Waals surface area contributed by atoms with Crippen LogP contribution in [-0.4, -0.2) is 35.2 Å². The molecule has 0 unspecified atom stereocenters. The highest BCUT2D eigenvalue weighted by atomic mass is 32.2. The summed E-state index contributed by atoms with van der Waals surface area (Å²) in [5.74, 6) is 1.11. The molecule has 0 bridgehead atoms. The third-order valence-corrected chi connectivity index (χ3v) is 6.72. The van der Waals surface area contributed by atoms with Gasteiger partial charge in [0, 0.05) is 31.4 Å². The molecule has 0 aromatic heterocycles. The van der Waals surface area contributed by atoms with Crippen LogP contribution in [0, 0.1) is 5.92 Å². The smallest absolute Gasteiger partial charge is 0.240 e. The molecule has 1 fully saturated rings. The van der Waals surface area contributed by atoms with Gasteiger partial charge in [-0.05, 0) is 47.4 Å². The summed E-state index contributed by atoms with van der Waals surface area (Å²) in [5, 5.41) is 1.96. The van der Waals surface area contributed by atoms with E-state index in [0.717, 1.165) is 41.7 Å². The number of nitrogens with zero attached hydrogens (tertiary/aromatic N) is 1. The van der Waals surface area contributed by atoms with Crippen molar-refractivity contribution in [2.75, 3.05) is 31.6 Å². The lowest BCUT2D eigenvalue weighted by molar-refractivity contribution is 0.415. The minimum Gasteiger partial charge on any atom is -0.497 e. The van der Waals surface area contributed by atoms with Crippen LogP contribution >= 0.6 is 0 Å². The molecule has 1 atom stereocenters. The summed E-state index contributed by atoms with van der Waals surface area (Å²) >= 11 is 0. The maximum atomic E-state index is 12.7. The quantitative estimate of drug-likeness (QED) is 0.691. The van der Waals surface area contributed by atoms with Gasteiger partial charge in [-0.2, -0.15) is 0 Å². The van der Waals surface area contributed by atoms with Gasteiger partial charge < -0.3 is 9.64 Å². The Bertz CT molecular complexity index is 1080. The molecule has 1 aliphatic rings. The molecule has 4 rings (SSSR count). The molecule has 0 amide bonds. The van der Waals surface area contributed by atoms with Crippen molar-refractivity contribution < 1.29 is 13.2 Å². The van der Waals surface area contributed by atoms with Crippen molar-refractivity contribution in [3.05, 3.63) is 66.7 Å². The highest BCUT2D eigenvalue weighted by Gasteiger charge is 2.25. The zero-order valence-electron chi connectivity index (χ0n) is 15.8. The van der Waals surface area contributed by atoms with Crippen molar-refractivity contribution >= 4 is 26.5 Å². The van der Waals surface area contributed by atoms with E-state index in [0.29, 0.717) is 11.4 Å². The summed E-state index contributed by atoms with van der Waals surface area (Å²) in [6, 6.07) is 21.0. The Kier molecular flexibility index (Phi) is 5.24. The van der Waals surface area contributed by atoms with Crippen LogP contribution in [0.1, 0.15) is 6.42 Å². The largest absolute Gasteiger partial charge is 0.497 e. The minimum absolute atomic E-state index is 0.279. The molecule has 0 radical (unpaired) electrons. The normalized spacial score (nSPS) is 17.2. The highest BCUT2D eigenvalue weighted by molar-refractivity contribution is 7.89. The van der Waals surface area contributed by atoms with E-state index < -0.39 is 10.0 Å². The summed E-state index contributed by atoms with van der Waals surface area (Å²) in [6.07, 6.45) is 0.956. The lowest BCUT2D eigenvalue weighted by atomic mass is 10.1. The number of methoxy groups -OCH3 is 1. The molecule has 3 aromatic carbocycles. The van der Waals surface area contributed by atoms with Gasteiger partial charge >= 0.3 is 0 Å². The topological polar surface area (TPSA) is 58.6 Å². The van der Waals surface area contributed by atoms with E-state index in [9.17, 15) is 8.42 Å². The van der Waals surface area contributed by atoms with Crippen molar-refractivity contribution in [1.82, 2.24) is 4.72 Å². The number of sulfonamides is 1. The molecule has 3 aromatic rings. The molecular formula is C22H24N2O3S. The number of fused-ring (bicyclic) bond motifs is 1. The Labute approximate surface area is 166 Å². The zero-order chi connectivity index (χ0) is 19.6. The summed E-state index contributed by atoms with van der Waals surface area (Å²) in [5.41, 5.74) is 1.11. The van der Waals surface area contributed by atoms with Crippen molar-refractivity contribution in [3.8, 4) is 5.75 Å². The predicted octanol–water partition coefficient (Wildman–Crippen LogP) is 3.65. The lowest BCUT2D eigenvalue weighted by Crippen LogP contribution is -2.31. The molecule has 0 spiro atoms. The van der Waals surface area contributed by atoms with Crippen molar-refractivity contribution in [2.24, 2.45) is 5.92 Å². The Morgan fingerprint density at radius 1 is 1.04 bits per heavy atom. The number of anilines is 1. The lowest BCUT2D eigenvalue weighted by Gasteiger charge is -2.19. The average molecular weight is 397 g/mol. The molecule has 6 heteroatoms. The van der Waals surface area contributed by atoms with Crippen molar-refractivity contribution in [2.45, 2.75) is 11.3 Å². The van der Waals surface area contributed by atoms with E-state index in [4.69, 9.17) is 4.74 Å². The molecule has 28 heavy (non-hydrogen) atoms. The molecule has 1 N–H and O–H groups in total. The van der Waals surface area contributed by atoms with E-state index in [2.05, 4.69) is 15.7 Å². The first-order chi connectivity index (χ1) is 13.5. The van der Waals surface area contributed by atoms with Gasteiger partial charge in [0.25, 0.3) is 0 Å². The van der Waals surface area contributed by atoms with Crippen LogP contribution in [0.2, 0.25) is 0 Å². The zero-order valence-corrected chi connectivity index (χ0v) is 16.7. The van der Waals surface area contributed by atoms with E-state index in [-0.39, 0.29) is 5.92 Å². The standard InChI is InChI=1S/C22H24N2O3S/c1-27-21-8-4-7-20(14-21)24-12-11-17(16-24)15-23-28(25,26)22-10-9-18-5-2-3-6-19(18)13-22/h2-10,13-14,17,23H,11-12,15-16H2,1H3/t17-/m0/s1. The Balaban J connectivity index is 1.40. The average Bonchev–Trinajstić information content (AvgIpc) is 3.21. The second kappa shape index (κ2) is 7.81. The van der Waals surface area contributed by atoms with Crippen LogP contribution in [0.3, 0.4) is 0 Å². The molecule has 1 aliphatic heterocycles. The predicted molar refractivity (Wildman–Crippen MR) is 112 cm³/mol. The number of hydrogen-bond acceptors (Lipinski definition) is 4. The third kappa shape index (κ3) is 3.98. The summed E-state index contributed by atoms with van der Waals surface area (Å²) in [4.78, 5) is 2.59.